The average Bonchev–Trinajstić information content (AvgIpc) is 2.02. The van der Waals surface area contributed by atoms with Crippen LogP contribution in [-0.4, -0.2) is 11.9 Å². The van der Waals surface area contributed by atoms with E-state index in [0.717, 1.165) is 6.08 Å². The molecule has 1 rings (SSSR count). The predicted molar refractivity (Wildman–Crippen MR) is 44.3 cm³/mol. The second-order valence-electron chi connectivity index (χ2n) is 2.75. The summed E-state index contributed by atoms with van der Waals surface area (Å²) >= 11 is 0. The van der Waals surface area contributed by atoms with Gasteiger partial charge in [0.25, 0.3) is 0 Å². The van der Waals surface area contributed by atoms with Gasteiger partial charge in [-0.05, 0) is 20.8 Å². The SMILES string of the molecule is C/C1=C/C(=O)O/C(C)=C(/C)OC1=O. The fraction of sp³-hybridized carbons (Fsp3) is 0.333. The molecular formula is C9H10O4. The summed E-state index contributed by atoms with van der Waals surface area (Å²) in [4.78, 5) is 22.1. The van der Waals surface area contributed by atoms with Crippen molar-refractivity contribution in [3.8, 4) is 0 Å². The lowest BCUT2D eigenvalue weighted by molar-refractivity contribution is -0.140. The van der Waals surface area contributed by atoms with Gasteiger partial charge >= 0.3 is 11.9 Å². The molecule has 4 nitrogen and oxygen atoms in total. The second kappa shape index (κ2) is 3.43. The Bertz CT molecular complexity index is 323. The molecule has 13 heavy (non-hydrogen) atoms. The summed E-state index contributed by atoms with van der Waals surface area (Å²) < 4.78 is 9.67. The van der Waals surface area contributed by atoms with E-state index < -0.39 is 11.9 Å². The number of carbonyl (C=O) groups excluding carboxylic acids is 2. The van der Waals surface area contributed by atoms with Crippen molar-refractivity contribution < 1.29 is 19.1 Å². The van der Waals surface area contributed by atoms with Crippen LogP contribution in [0.25, 0.3) is 0 Å². The number of allylic oxidation sites excluding steroid dienone is 2. The Hall–Kier alpha value is -1.58. The Balaban J connectivity index is 3.01. The molecule has 0 aromatic heterocycles. The van der Waals surface area contributed by atoms with Crippen molar-refractivity contribution in [3.63, 3.8) is 0 Å². The standard InChI is InChI=1S/C9H10O4/c1-5-4-8(10)12-6(2)7(3)13-9(5)11/h4H,1-3H3/b5-4-,7-6-. The minimum Gasteiger partial charge on any atom is -0.425 e. The minimum atomic E-state index is -0.550. The smallest absolute Gasteiger partial charge is 0.339 e. The zero-order valence-corrected chi connectivity index (χ0v) is 7.71. The van der Waals surface area contributed by atoms with Gasteiger partial charge in [-0.3, -0.25) is 0 Å². The minimum absolute atomic E-state index is 0.233. The Morgan fingerprint density at radius 3 is 2.15 bits per heavy atom. The van der Waals surface area contributed by atoms with Crippen molar-refractivity contribution in [1.29, 1.82) is 0 Å². The van der Waals surface area contributed by atoms with Gasteiger partial charge in [-0.2, -0.15) is 0 Å². The molecule has 0 bridgehead atoms. The van der Waals surface area contributed by atoms with E-state index in [0.29, 0.717) is 11.5 Å². The Labute approximate surface area is 75.8 Å². The molecule has 0 aromatic carbocycles. The maximum absolute atomic E-state index is 11.1. The van der Waals surface area contributed by atoms with Crippen molar-refractivity contribution in [1.82, 2.24) is 0 Å². The van der Waals surface area contributed by atoms with Crippen molar-refractivity contribution >= 4 is 11.9 Å². The molecule has 0 aromatic rings. The molecule has 0 radical (unpaired) electrons. The Morgan fingerprint density at radius 2 is 1.54 bits per heavy atom. The quantitative estimate of drug-likeness (QED) is 0.529. The van der Waals surface area contributed by atoms with Gasteiger partial charge in [0.2, 0.25) is 0 Å². The third kappa shape index (κ3) is 2.18. The van der Waals surface area contributed by atoms with Crippen LogP contribution in [0.2, 0.25) is 0 Å². The van der Waals surface area contributed by atoms with Crippen LogP contribution in [0.15, 0.2) is 23.2 Å². The molecule has 1 aliphatic rings. The van der Waals surface area contributed by atoms with Crippen LogP contribution in [-0.2, 0) is 19.1 Å². The highest BCUT2D eigenvalue weighted by atomic mass is 16.6. The maximum atomic E-state index is 11.1. The van der Waals surface area contributed by atoms with E-state index in [4.69, 9.17) is 9.47 Å². The molecule has 0 spiro atoms. The summed E-state index contributed by atoms with van der Waals surface area (Å²) in [6, 6.07) is 0. The molecule has 0 N–H and O–H groups in total. The molecule has 1 aliphatic heterocycles. The highest BCUT2D eigenvalue weighted by Gasteiger charge is 2.16. The first kappa shape index (κ1) is 9.51. The molecule has 0 saturated carbocycles. The monoisotopic (exact) mass is 182 g/mol. The van der Waals surface area contributed by atoms with Gasteiger partial charge in [0.15, 0.2) is 0 Å². The molecule has 0 saturated heterocycles. The van der Waals surface area contributed by atoms with Crippen LogP contribution in [0, 0.1) is 0 Å². The van der Waals surface area contributed by atoms with Gasteiger partial charge in [-0.25, -0.2) is 9.59 Å². The van der Waals surface area contributed by atoms with Crippen molar-refractivity contribution in [2.45, 2.75) is 20.8 Å². The van der Waals surface area contributed by atoms with Crippen LogP contribution in [0.5, 0.6) is 0 Å². The van der Waals surface area contributed by atoms with Crippen LogP contribution >= 0.6 is 0 Å². The average molecular weight is 182 g/mol. The highest BCUT2D eigenvalue weighted by Crippen LogP contribution is 2.13. The van der Waals surface area contributed by atoms with E-state index in [-0.39, 0.29) is 5.57 Å². The van der Waals surface area contributed by atoms with E-state index >= 15 is 0 Å². The van der Waals surface area contributed by atoms with E-state index in [1.807, 2.05) is 0 Å². The van der Waals surface area contributed by atoms with E-state index in [1.54, 1.807) is 13.8 Å². The normalized spacial score (nSPS) is 28.1. The lowest BCUT2D eigenvalue weighted by Gasteiger charge is -2.11. The van der Waals surface area contributed by atoms with Crippen LogP contribution < -0.4 is 0 Å². The summed E-state index contributed by atoms with van der Waals surface area (Å²) in [5.41, 5.74) is 0.233. The molecule has 70 valence electrons. The zero-order valence-electron chi connectivity index (χ0n) is 7.71. The van der Waals surface area contributed by atoms with Gasteiger partial charge < -0.3 is 9.47 Å². The lowest BCUT2D eigenvalue weighted by Crippen LogP contribution is -2.13. The summed E-state index contributed by atoms with van der Waals surface area (Å²) in [6.45, 7) is 4.63. The molecule has 0 amide bonds. The molecular weight excluding hydrogens is 172 g/mol. The number of carbonyl (C=O) groups is 2. The number of cyclic esters (lactones) is 2. The summed E-state index contributed by atoms with van der Waals surface area (Å²) in [5.74, 6) is -0.451. The fourth-order valence-electron chi connectivity index (χ4n) is 0.779. The van der Waals surface area contributed by atoms with E-state index in [9.17, 15) is 9.59 Å². The van der Waals surface area contributed by atoms with E-state index in [2.05, 4.69) is 0 Å². The topological polar surface area (TPSA) is 52.6 Å². The van der Waals surface area contributed by atoms with Crippen LogP contribution in [0.4, 0.5) is 0 Å². The van der Waals surface area contributed by atoms with Gasteiger partial charge in [-0.1, -0.05) is 0 Å². The highest BCUT2D eigenvalue weighted by molar-refractivity contribution is 5.97. The molecule has 0 fully saturated rings. The van der Waals surface area contributed by atoms with Crippen LogP contribution in [0.3, 0.4) is 0 Å². The first-order valence-corrected chi connectivity index (χ1v) is 3.80. The van der Waals surface area contributed by atoms with Crippen molar-refractivity contribution in [3.05, 3.63) is 23.2 Å². The lowest BCUT2D eigenvalue weighted by atomic mass is 10.3. The fourth-order valence-corrected chi connectivity index (χ4v) is 0.779. The van der Waals surface area contributed by atoms with Gasteiger partial charge in [0.05, 0.1) is 0 Å². The van der Waals surface area contributed by atoms with Gasteiger partial charge in [0, 0.05) is 11.6 Å². The summed E-state index contributed by atoms with van der Waals surface area (Å²) in [6.07, 6.45) is 1.11. The zero-order chi connectivity index (χ0) is 10.0. The van der Waals surface area contributed by atoms with Gasteiger partial charge in [0.1, 0.15) is 11.5 Å². The summed E-state index contributed by atoms with van der Waals surface area (Å²) in [5, 5.41) is 0. The first-order chi connectivity index (χ1) is 6.00. The Morgan fingerprint density at radius 1 is 1.00 bits per heavy atom. The van der Waals surface area contributed by atoms with Crippen molar-refractivity contribution in [2.75, 3.05) is 0 Å². The Kier molecular flexibility index (Phi) is 2.51. The number of hydrogen-bond donors (Lipinski definition) is 0. The third-order valence-corrected chi connectivity index (χ3v) is 1.65. The number of ether oxygens (including phenoxy) is 2. The van der Waals surface area contributed by atoms with Crippen LogP contribution in [0.1, 0.15) is 20.8 Å². The molecule has 0 atom stereocenters. The molecule has 4 heteroatoms. The molecule has 1 heterocycles. The maximum Gasteiger partial charge on any atom is 0.339 e. The summed E-state index contributed by atoms with van der Waals surface area (Å²) in [7, 11) is 0. The van der Waals surface area contributed by atoms with E-state index in [1.165, 1.54) is 6.92 Å². The van der Waals surface area contributed by atoms with Gasteiger partial charge in [-0.15, -0.1) is 0 Å². The molecule has 0 unspecified atom stereocenters. The second-order valence-corrected chi connectivity index (χ2v) is 2.75. The first-order valence-electron chi connectivity index (χ1n) is 3.80. The number of rotatable bonds is 0. The largest absolute Gasteiger partial charge is 0.425 e. The number of esters is 2. The molecule has 0 aliphatic carbocycles. The predicted octanol–water partition coefficient (Wildman–Crippen LogP) is 1.28. The van der Waals surface area contributed by atoms with Crippen molar-refractivity contribution in [2.24, 2.45) is 0 Å². The third-order valence-electron chi connectivity index (χ3n) is 1.65. The number of hydrogen-bond acceptors (Lipinski definition) is 4.